The molecule has 0 amide bonds. The summed E-state index contributed by atoms with van der Waals surface area (Å²) in [5.74, 6) is 0.792. The van der Waals surface area contributed by atoms with Crippen LogP contribution in [0.2, 0.25) is 0 Å². The molecule has 1 aliphatic heterocycles. The highest BCUT2D eigenvalue weighted by atomic mass is 16.5. The van der Waals surface area contributed by atoms with Crippen LogP contribution in [0.15, 0.2) is 0 Å². The summed E-state index contributed by atoms with van der Waals surface area (Å²) in [6, 6.07) is 0. The number of hydrogen-bond donors (Lipinski definition) is 0. The van der Waals surface area contributed by atoms with E-state index in [0.29, 0.717) is 6.10 Å². The largest absolute Gasteiger partial charge is 0.378 e. The molecule has 0 radical (unpaired) electrons. The molecular weight excluding hydrogens is 88.1 g/mol. The van der Waals surface area contributed by atoms with Crippen LogP contribution in [0.3, 0.4) is 0 Å². The maximum atomic E-state index is 5.27. The Hall–Kier alpha value is -0.0400. The van der Waals surface area contributed by atoms with E-state index in [1.165, 1.54) is 6.42 Å². The first kappa shape index (κ1) is 5.10. The van der Waals surface area contributed by atoms with Gasteiger partial charge in [0.1, 0.15) is 0 Å². The molecule has 0 aromatic rings. The van der Waals surface area contributed by atoms with Crippen LogP contribution >= 0.6 is 0 Å². The Morgan fingerprint density at radius 3 is 2.29 bits per heavy atom. The molecule has 42 valence electrons. The summed E-state index contributed by atoms with van der Waals surface area (Å²) in [6.45, 7) is 5.34. The van der Waals surface area contributed by atoms with Crippen molar-refractivity contribution in [3.63, 3.8) is 0 Å². The van der Waals surface area contributed by atoms with Crippen molar-refractivity contribution in [1.29, 1.82) is 0 Å². The summed E-state index contributed by atoms with van der Waals surface area (Å²) < 4.78 is 5.27. The maximum absolute atomic E-state index is 5.27. The Morgan fingerprint density at radius 1 is 1.43 bits per heavy atom. The Morgan fingerprint density at radius 2 is 2.14 bits per heavy atom. The fourth-order valence-electron chi connectivity index (χ4n) is 0.839. The van der Waals surface area contributed by atoms with E-state index in [0.717, 1.165) is 12.5 Å². The first-order valence-electron chi connectivity index (χ1n) is 2.92. The summed E-state index contributed by atoms with van der Waals surface area (Å²) in [5.41, 5.74) is 0. The molecule has 0 aliphatic carbocycles. The fourth-order valence-corrected chi connectivity index (χ4v) is 0.839. The highest BCUT2D eigenvalue weighted by Gasteiger charge is 2.18. The quantitative estimate of drug-likeness (QED) is 0.447. The summed E-state index contributed by atoms with van der Waals surface area (Å²) >= 11 is 0. The first-order chi connectivity index (χ1) is 3.30. The molecular formula is C6H12O. The van der Waals surface area contributed by atoms with Crippen molar-refractivity contribution in [1.82, 2.24) is 0 Å². The average molecular weight is 100 g/mol. The summed E-state index contributed by atoms with van der Waals surface area (Å²) in [7, 11) is 0. The van der Waals surface area contributed by atoms with Gasteiger partial charge >= 0.3 is 0 Å². The minimum atomic E-state index is 0.514. The Labute approximate surface area is 44.7 Å². The van der Waals surface area contributed by atoms with Gasteiger partial charge in [-0.05, 0) is 19.3 Å². The van der Waals surface area contributed by atoms with Crippen LogP contribution in [0.5, 0.6) is 0 Å². The molecule has 7 heavy (non-hydrogen) atoms. The molecule has 2 atom stereocenters. The normalized spacial score (nSPS) is 42.0. The van der Waals surface area contributed by atoms with Gasteiger partial charge in [0.05, 0.1) is 6.10 Å². The van der Waals surface area contributed by atoms with Crippen molar-refractivity contribution < 1.29 is 4.74 Å². The smallest absolute Gasteiger partial charge is 0.0573 e. The van der Waals surface area contributed by atoms with Gasteiger partial charge in [0.15, 0.2) is 0 Å². The van der Waals surface area contributed by atoms with Gasteiger partial charge in [-0.1, -0.05) is 6.92 Å². The molecule has 0 spiro atoms. The van der Waals surface area contributed by atoms with Crippen molar-refractivity contribution in [3.8, 4) is 0 Å². The van der Waals surface area contributed by atoms with Gasteiger partial charge < -0.3 is 4.74 Å². The first-order valence-corrected chi connectivity index (χ1v) is 2.92. The molecule has 0 aromatic carbocycles. The maximum Gasteiger partial charge on any atom is 0.0573 e. The van der Waals surface area contributed by atoms with Gasteiger partial charge in [0.25, 0.3) is 0 Å². The molecule has 0 aromatic heterocycles. The van der Waals surface area contributed by atoms with E-state index >= 15 is 0 Å². The molecule has 0 unspecified atom stereocenters. The lowest BCUT2D eigenvalue weighted by Gasteiger charge is -2.04. The topological polar surface area (TPSA) is 9.23 Å². The van der Waals surface area contributed by atoms with Crippen LogP contribution in [-0.4, -0.2) is 12.7 Å². The monoisotopic (exact) mass is 100 g/mol. The molecule has 1 fully saturated rings. The fraction of sp³-hybridized carbons (Fsp3) is 1.00. The summed E-state index contributed by atoms with van der Waals surface area (Å²) in [4.78, 5) is 0. The predicted molar refractivity (Wildman–Crippen MR) is 29.2 cm³/mol. The molecule has 1 heteroatoms. The van der Waals surface area contributed by atoms with Crippen LogP contribution in [0.4, 0.5) is 0 Å². The predicted octanol–water partition coefficient (Wildman–Crippen LogP) is 1.43. The van der Waals surface area contributed by atoms with E-state index in [1.807, 2.05) is 0 Å². The van der Waals surface area contributed by atoms with Gasteiger partial charge in [-0.2, -0.15) is 0 Å². The zero-order valence-corrected chi connectivity index (χ0v) is 4.98. The van der Waals surface area contributed by atoms with Crippen LogP contribution < -0.4 is 0 Å². The molecule has 0 saturated carbocycles. The lowest BCUT2D eigenvalue weighted by Crippen LogP contribution is -2.05. The second kappa shape index (κ2) is 1.83. The zero-order chi connectivity index (χ0) is 5.28. The van der Waals surface area contributed by atoms with Gasteiger partial charge in [-0.3, -0.25) is 0 Å². The molecule has 0 N–H and O–H groups in total. The molecule has 1 aliphatic rings. The van der Waals surface area contributed by atoms with Crippen molar-refractivity contribution >= 4 is 0 Å². The minimum absolute atomic E-state index is 0.514. The van der Waals surface area contributed by atoms with Gasteiger partial charge in [0, 0.05) is 6.61 Å². The SMILES string of the molecule is C[C@H]1CCO[C@@H]1C. The van der Waals surface area contributed by atoms with E-state index in [9.17, 15) is 0 Å². The summed E-state index contributed by atoms with van der Waals surface area (Å²) in [6.07, 6.45) is 1.77. The molecule has 1 rings (SSSR count). The highest BCUT2D eigenvalue weighted by molar-refractivity contribution is 4.66. The van der Waals surface area contributed by atoms with Crippen molar-refractivity contribution in [2.45, 2.75) is 26.4 Å². The second-order valence-electron chi connectivity index (χ2n) is 2.34. The molecule has 1 heterocycles. The minimum Gasteiger partial charge on any atom is -0.378 e. The van der Waals surface area contributed by atoms with E-state index in [4.69, 9.17) is 4.74 Å². The molecule has 1 saturated heterocycles. The van der Waals surface area contributed by atoms with Crippen LogP contribution in [0.25, 0.3) is 0 Å². The Bertz CT molecular complexity index is 53.2. The number of hydrogen-bond acceptors (Lipinski definition) is 1. The Kier molecular flexibility index (Phi) is 1.33. The standard InChI is InChI=1S/C6H12O/c1-5-3-4-7-6(5)2/h5-6H,3-4H2,1-2H3/t5-,6+/m0/s1. The zero-order valence-electron chi connectivity index (χ0n) is 4.98. The van der Waals surface area contributed by atoms with Gasteiger partial charge in [-0.25, -0.2) is 0 Å². The third-order valence-electron chi connectivity index (χ3n) is 1.76. The van der Waals surface area contributed by atoms with E-state index < -0.39 is 0 Å². The van der Waals surface area contributed by atoms with Crippen LogP contribution in [0, 0.1) is 5.92 Å². The van der Waals surface area contributed by atoms with Crippen LogP contribution in [0.1, 0.15) is 20.3 Å². The van der Waals surface area contributed by atoms with Crippen molar-refractivity contribution in [2.24, 2.45) is 5.92 Å². The van der Waals surface area contributed by atoms with E-state index in [2.05, 4.69) is 13.8 Å². The lowest BCUT2D eigenvalue weighted by molar-refractivity contribution is 0.109. The lowest BCUT2D eigenvalue weighted by atomic mass is 10.1. The molecule has 0 bridgehead atoms. The number of ether oxygens (including phenoxy) is 1. The van der Waals surface area contributed by atoms with E-state index in [1.54, 1.807) is 0 Å². The van der Waals surface area contributed by atoms with Crippen LogP contribution in [-0.2, 0) is 4.74 Å². The van der Waals surface area contributed by atoms with E-state index in [-0.39, 0.29) is 0 Å². The van der Waals surface area contributed by atoms with Crippen molar-refractivity contribution in [3.05, 3.63) is 0 Å². The summed E-state index contributed by atoms with van der Waals surface area (Å²) in [5, 5.41) is 0. The highest BCUT2D eigenvalue weighted by Crippen LogP contribution is 2.18. The third-order valence-corrected chi connectivity index (χ3v) is 1.76. The molecule has 1 nitrogen and oxygen atoms in total. The average Bonchev–Trinajstić information content (AvgIpc) is 1.91. The number of rotatable bonds is 0. The van der Waals surface area contributed by atoms with Gasteiger partial charge in [-0.15, -0.1) is 0 Å². The second-order valence-corrected chi connectivity index (χ2v) is 2.34. The Balaban J connectivity index is 2.33. The van der Waals surface area contributed by atoms with Gasteiger partial charge in [0.2, 0.25) is 0 Å². The third kappa shape index (κ3) is 0.942. The van der Waals surface area contributed by atoms with Crippen molar-refractivity contribution in [2.75, 3.05) is 6.61 Å².